The molecule has 1 saturated carbocycles. The maximum Gasteiger partial charge on any atom is 0.329 e. The minimum absolute atomic E-state index is 0.608. The highest BCUT2D eigenvalue weighted by molar-refractivity contribution is 7.15. The van der Waals surface area contributed by atoms with Crippen molar-refractivity contribution in [3.63, 3.8) is 0 Å². The molecule has 1 heterocycles. The summed E-state index contributed by atoms with van der Waals surface area (Å²) in [7, 11) is 0. The van der Waals surface area contributed by atoms with Crippen LogP contribution in [-0.4, -0.2) is 26.8 Å². The molecule has 5 nitrogen and oxygen atoms in total. The average molecular weight is 227 g/mol. The van der Waals surface area contributed by atoms with Gasteiger partial charge in [-0.15, -0.1) is 10.2 Å². The summed E-state index contributed by atoms with van der Waals surface area (Å²) in [5, 5.41) is 21.5. The van der Waals surface area contributed by atoms with E-state index in [0.717, 1.165) is 17.8 Å². The molecule has 1 aliphatic carbocycles. The SMILES string of the molecule is Cc1nnc(NC2(C(=O)O)CCCC2)s1. The second-order valence-corrected chi connectivity index (χ2v) is 5.03. The lowest BCUT2D eigenvalue weighted by Crippen LogP contribution is -2.43. The van der Waals surface area contributed by atoms with E-state index in [0.29, 0.717) is 18.0 Å². The van der Waals surface area contributed by atoms with Crippen LogP contribution in [0.2, 0.25) is 0 Å². The maximum atomic E-state index is 11.2. The van der Waals surface area contributed by atoms with E-state index in [2.05, 4.69) is 15.5 Å². The summed E-state index contributed by atoms with van der Waals surface area (Å²) in [6, 6.07) is 0. The molecule has 0 unspecified atom stereocenters. The fraction of sp³-hybridized carbons (Fsp3) is 0.667. The molecule has 82 valence electrons. The van der Waals surface area contributed by atoms with Gasteiger partial charge in [0.05, 0.1) is 0 Å². The number of carbonyl (C=O) groups is 1. The fourth-order valence-corrected chi connectivity index (χ4v) is 2.61. The predicted molar refractivity (Wildman–Crippen MR) is 57.1 cm³/mol. The standard InChI is InChI=1S/C9H13N3O2S/c1-6-11-12-8(15-6)10-9(7(13)14)4-2-3-5-9/h2-5H2,1H3,(H,10,12)(H,13,14). The summed E-state index contributed by atoms with van der Waals surface area (Å²) in [6.07, 6.45) is 3.25. The van der Waals surface area contributed by atoms with E-state index < -0.39 is 11.5 Å². The van der Waals surface area contributed by atoms with Crippen LogP contribution in [-0.2, 0) is 4.79 Å². The molecule has 6 heteroatoms. The zero-order valence-electron chi connectivity index (χ0n) is 8.49. The maximum absolute atomic E-state index is 11.2. The Bertz CT molecular complexity index is 371. The molecule has 0 radical (unpaired) electrons. The third-order valence-electron chi connectivity index (χ3n) is 2.74. The molecule has 0 spiro atoms. The van der Waals surface area contributed by atoms with Gasteiger partial charge < -0.3 is 10.4 Å². The van der Waals surface area contributed by atoms with Crippen LogP contribution in [0.1, 0.15) is 30.7 Å². The smallest absolute Gasteiger partial charge is 0.329 e. The zero-order valence-corrected chi connectivity index (χ0v) is 9.30. The Kier molecular flexibility index (Phi) is 2.60. The van der Waals surface area contributed by atoms with Crippen LogP contribution in [0, 0.1) is 6.92 Å². The van der Waals surface area contributed by atoms with Gasteiger partial charge in [-0.1, -0.05) is 24.2 Å². The number of hydrogen-bond donors (Lipinski definition) is 2. The van der Waals surface area contributed by atoms with Crippen molar-refractivity contribution in [1.82, 2.24) is 10.2 Å². The molecule has 1 aromatic heterocycles. The number of aliphatic carboxylic acids is 1. The molecule has 2 N–H and O–H groups in total. The van der Waals surface area contributed by atoms with Crippen LogP contribution in [0.25, 0.3) is 0 Å². The summed E-state index contributed by atoms with van der Waals surface area (Å²) in [6.45, 7) is 1.85. The van der Waals surface area contributed by atoms with Gasteiger partial charge in [0, 0.05) is 0 Å². The zero-order chi connectivity index (χ0) is 10.9. The van der Waals surface area contributed by atoms with E-state index in [1.807, 2.05) is 6.92 Å². The predicted octanol–water partition coefficient (Wildman–Crippen LogP) is 1.66. The number of carboxylic acids is 1. The fourth-order valence-electron chi connectivity index (χ4n) is 1.92. The Morgan fingerprint density at radius 2 is 2.13 bits per heavy atom. The molecule has 1 aromatic rings. The molecular formula is C9H13N3O2S. The van der Waals surface area contributed by atoms with Gasteiger partial charge in [-0.05, 0) is 19.8 Å². The van der Waals surface area contributed by atoms with Gasteiger partial charge in [0.2, 0.25) is 5.13 Å². The number of nitrogens with zero attached hydrogens (tertiary/aromatic N) is 2. The molecule has 0 aliphatic heterocycles. The van der Waals surface area contributed by atoms with E-state index in [9.17, 15) is 9.90 Å². The minimum atomic E-state index is -0.814. The third-order valence-corrected chi connectivity index (χ3v) is 3.49. The number of nitrogens with one attached hydrogen (secondary N) is 1. The molecule has 0 amide bonds. The monoisotopic (exact) mass is 227 g/mol. The second-order valence-electron chi connectivity index (χ2n) is 3.85. The molecule has 2 rings (SSSR count). The summed E-state index contributed by atoms with van der Waals surface area (Å²) in [4.78, 5) is 11.2. The van der Waals surface area contributed by atoms with Crippen molar-refractivity contribution < 1.29 is 9.90 Å². The normalized spacial score (nSPS) is 19.0. The highest BCUT2D eigenvalue weighted by atomic mass is 32.1. The highest BCUT2D eigenvalue weighted by Crippen LogP contribution is 2.34. The van der Waals surface area contributed by atoms with Crippen LogP contribution in [0.5, 0.6) is 0 Å². The molecule has 15 heavy (non-hydrogen) atoms. The van der Waals surface area contributed by atoms with Crippen molar-refractivity contribution in [2.24, 2.45) is 0 Å². The number of aryl methyl sites for hydroxylation is 1. The largest absolute Gasteiger partial charge is 0.480 e. The lowest BCUT2D eigenvalue weighted by Gasteiger charge is -2.24. The molecule has 0 atom stereocenters. The number of anilines is 1. The molecule has 0 aromatic carbocycles. The number of rotatable bonds is 3. The number of carboxylic acid groups (broad SMARTS) is 1. The average Bonchev–Trinajstić information content (AvgIpc) is 2.77. The Balaban J connectivity index is 2.17. The van der Waals surface area contributed by atoms with Gasteiger partial charge in [0.15, 0.2) is 0 Å². The van der Waals surface area contributed by atoms with Gasteiger partial charge in [-0.3, -0.25) is 0 Å². The van der Waals surface area contributed by atoms with Gasteiger partial charge in [-0.2, -0.15) is 0 Å². The Morgan fingerprint density at radius 1 is 1.47 bits per heavy atom. The van der Waals surface area contributed by atoms with Crippen molar-refractivity contribution in [3.8, 4) is 0 Å². The first-order chi connectivity index (χ1) is 7.12. The van der Waals surface area contributed by atoms with E-state index in [1.54, 1.807) is 0 Å². The molecule has 0 bridgehead atoms. The summed E-state index contributed by atoms with van der Waals surface area (Å²) in [5.41, 5.74) is -0.814. The van der Waals surface area contributed by atoms with Crippen molar-refractivity contribution in [2.75, 3.05) is 5.32 Å². The lowest BCUT2D eigenvalue weighted by atomic mass is 9.98. The van der Waals surface area contributed by atoms with Crippen LogP contribution >= 0.6 is 11.3 Å². The Morgan fingerprint density at radius 3 is 2.60 bits per heavy atom. The highest BCUT2D eigenvalue weighted by Gasteiger charge is 2.41. The lowest BCUT2D eigenvalue weighted by molar-refractivity contribution is -0.142. The van der Waals surface area contributed by atoms with Crippen molar-refractivity contribution >= 4 is 22.4 Å². The molecule has 1 fully saturated rings. The van der Waals surface area contributed by atoms with Crippen molar-refractivity contribution in [3.05, 3.63) is 5.01 Å². The summed E-state index contributed by atoms with van der Waals surface area (Å²) in [5.74, 6) is -0.784. The summed E-state index contributed by atoms with van der Waals surface area (Å²) >= 11 is 1.39. The first kappa shape index (κ1) is 10.4. The third kappa shape index (κ3) is 1.94. The minimum Gasteiger partial charge on any atom is -0.480 e. The van der Waals surface area contributed by atoms with Crippen LogP contribution in [0.4, 0.5) is 5.13 Å². The first-order valence-electron chi connectivity index (χ1n) is 4.94. The van der Waals surface area contributed by atoms with Gasteiger partial charge in [-0.25, -0.2) is 4.79 Å². The van der Waals surface area contributed by atoms with E-state index in [1.165, 1.54) is 11.3 Å². The number of hydrogen-bond acceptors (Lipinski definition) is 5. The van der Waals surface area contributed by atoms with Crippen LogP contribution < -0.4 is 5.32 Å². The first-order valence-corrected chi connectivity index (χ1v) is 5.76. The van der Waals surface area contributed by atoms with E-state index >= 15 is 0 Å². The quantitative estimate of drug-likeness (QED) is 0.821. The molecular weight excluding hydrogens is 214 g/mol. The van der Waals surface area contributed by atoms with E-state index in [-0.39, 0.29) is 0 Å². The van der Waals surface area contributed by atoms with Crippen LogP contribution in [0.15, 0.2) is 0 Å². The summed E-state index contributed by atoms with van der Waals surface area (Å²) < 4.78 is 0. The van der Waals surface area contributed by atoms with Crippen LogP contribution in [0.3, 0.4) is 0 Å². The Labute approximate surface area is 91.5 Å². The van der Waals surface area contributed by atoms with Gasteiger partial charge in [0.25, 0.3) is 0 Å². The Hall–Kier alpha value is -1.17. The van der Waals surface area contributed by atoms with Crippen molar-refractivity contribution in [2.45, 2.75) is 38.1 Å². The van der Waals surface area contributed by atoms with Gasteiger partial charge in [0.1, 0.15) is 10.5 Å². The van der Waals surface area contributed by atoms with Gasteiger partial charge >= 0.3 is 5.97 Å². The topological polar surface area (TPSA) is 75.1 Å². The van der Waals surface area contributed by atoms with E-state index in [4.69, 9.17) is 0 Å². The number of aromatic nitrogens is 2. The van der Waals surface area contributed by atoms with Crippen molar-refractivity contribution in [1.29, 1.82) is 0 Å². The molecule has 1 aliphatic rings. The molecule has 0 saturated heterocycles. The second kappa shape index (κ2) is 3.77.